The maximum Gasteiger partial charge on any atom is 0.258 e. The minimum atomic E-state index is -0.684. The number of likely N-dealkylation sites (N-methyl/N-ethyl adjacent to an activating group) is 1. The van der Waals surface area contributed by atoms with Crippen LogP contribution < -0.4 is 15.4 Å². The van der Waals surface area contributed by atoms with Gasteiger partial charge in [0.15, 0.2) is 5.72 Å². The van der Waals surface area contributed by atoms with E-state index in [0.717, 1.165) is 38.9 Å². The largest absolute Gasteiger partial charge is 0.467 e. The molecule has 6 heteroatoms. The van der Waals surface area contributed by atoms with Crippen LogP contribution in [0.1, 0.15) is 56.8 Å². The predicted octanol–water partition coefficient (Wildman–Crippen LogP) is 2.79. The van der Waals surface area contributed by atoms with E-state index in [2.05, 4.69) is 36.3 Å². The summed E-state index contributed by atoms with van der Waals surface area (Å²) in [6.45, 7) is 10.0. The summed E-state index contributed by atoms with van der Waals surface area (Å²) < 4.78 is 6.43. The summed E-state index contributed by atoms with van der Waals surface area (Å²) >= 11 is 0. The Balaban J connectivity index is 1.47. The summed E-state index contributed by atoms with van der Waals surface area (Å²) in [4.78, 5) is 28.1. The van der Waals surface area contributed by atoms with Crippen molar-refractivity contribution in [3.8, 4) is 5.75 Å². The molecular weight excluding hydrogens is 366 g/mol. The summed E-state index contributed by atoms with van der Waals surface area (Å²) in [5.41, 5.74) is -0.264. The van der Waals surface area contributed by atoms with Crippen LogP contribution in [0.3, 0.4) is 0 Å². The van der Waals surface area contributed by atoms with Gasteiger partial charge in [0.1, 0.15) is 5.75 Å². The van der Waals surface area contributed by atoms with E-state index in [1.807, 2.05) is 18.2 Å². The van der Waals surface area contributed by atoms with Crippen molar-refractivity contribution in [3.05, 3.63) is 29.8 Å². The lowest BCUT2D eigenvalue weighted by molar-refractivity contribution is -0.167. The number of nitrogens with one attached hydrogen (secondary N) is 2. The van der Waals surface area contributed by atoms with Crippen LogP contribution >= 0.6 is 0 Å². The minimum Gasteiger partial charge on any atom is -0.467 e. The van der Waals surface area contributed by atoms with Crippen molar-refractivity contribution < 1.29 is 14.3 Å². The third-order valence-corrected chi connectivity index (χ3v) is 7.44. The molecule has 1 aromatic rings. The number of rotatable bonds is 6. The second-order valence-electron chi connectivity index (χ2n) is 9.11. The van der Waals surface area contributed by atoms with Crippen molar-refractivity contribution in [3.63, 3.8) is 0 Å². The van der Waals surface area contributed by atoms with E-state index in [-0.39, 0.29) is 29.1 Å². The quantitative estimate of drug-likeness (QED) is 0.772. The van der Waals surface area contributed by atoms with Gasteiger partial charge in [-0.15, -0.1) is 0 Å². The van der Waals surface area contributed by atoms with E-state index >= 15 is 0 Å². The van der Waals surface area contributed by atoms with E-state index < -0.39 is 5.72 Å². The standard InChI is InChI=1S/C23H33N3O3/c1-4-26(5-2)13-12-24-21(28)18-14-16-10-11-22(18,3)15-23(16)25-20(27)17-8-6-7-9-19(17)29-23/h6-9,16,18H,4-5,10-15H2,1-3H3,(H,24,28)(H,25,27)/t16-,18+,22+,23+/m1/s1. The number of benzene rings is 1. The number of carbonyl (C=O) groups excluding carboxylic acids is 2. The maximum atomic E-state index is 13.0. The maximum absolute atomic E-state index is 13.0. The molecule has 2 N–H and O–H groups in total. The van der Waals surface area contributed by atoms with Gasteiger partial charge in [-0.3, -0.25) is 9.59 Å². The summed E-state index contributed by atoms with van der Waals surface area (Å²) in [5.74, 6) is 0.874. The summed E-state index contributed by atoms with van der Waals surface area (Å²) in [6.07, 6.45) is 3.41. The van der Waals surface area contributed by atoms with Gasteiger partial charge in [-0.25, -0.2) is 0 Å². The Labute approximate surface area is 173 Å². The lowest BCUT2D eigenvalue weighted by Gasteiger charge is -2.59. The molecule has 3 saturated carbocycles. The number of hydrogen-bond donors (Lipinski definition) is 2. The molecule has 5 rings (SSSR count). The molecule has 0 radical (unpaired) electrons. The molecule has 3 aliphatic carbocycles. The molecule has 158 valence electrons. The highest BCUT2D eigenvalue weighted by Crippen LogP contribution is 2.58. The number of fused-ring (bicyclic) bond motifs is 3. The van der Waals surface area contributed by atoms with E-state index in [1.165, 1.54) is 0 Å². The molecular formula is C23H33N3O3. The molecule has 0 aromatic heterocycles. The molecule has 1 aliphatic heterocycles. The van der Waals surface area contributed by atoms with Crippen LogP contribution in [0.25, 0.3) is 0 Å². The van der Waals surface area contributed by atoms with Gasteiger partial charge < -0.3 is 20.3 Å². The van der Waals surface area contributed by atoms with Crippen molar-refractivity contribution in [1.29, 1.82) is 0 Å². The Morgan fingerprint density at radius 3 is 2.79 bits per heavy atom. The zero-order valence-electron chi connectivity index (χ0n) is 17.8. The molecule has 1 heterocycles. The molecule has 1 aromatic carbocycles. The van der Waals surface area contributed by atoms with Crippen molar-refractivity contribution in [2.75, 3.05) is 26.2 Å². The summed E-state index contributed by atoms with van der Waals surface area (Å²) in [6, 6.07) is 7.43. The Kier molecular flexibility index (Phi) is 5.32. The fourth-order valence-electron chi connectivity index (χ4n) is 5.66. The number of nitrogens with zero attached hydrogens (tertiary/aromatic N) is 1. The van der Waals surface area contributed by atoms with E-state index in [1.54, 1.807) is 6.07 Å². The van der Waals surface area contributed by atoms with Crippen molar-refractivity contribution in [2.24, 2.45) is 17.3 Å². The van der Waals surface area contributed by atoms with Crippen LogP contribution in [0.5, 0.6) is 5.75 Å². The highest BCUT2D eigenvalue weighted by atomic mass is 16.5. The molecule has 29 heavy (non-hydrogen) atoms. The van der Waals surface area contributed by atoms with Gasteiger partial charge in [-0.2, -0.15) is 0 Å². The fraction of sp³-hybridized carbons (Fsp3) is 0.652. The molecule has 4 aliphatic rings. The zero-order chi connectivity index (χ0) is 20.6. The molecule has 0 unspecified atom stereocenters. The second kappa shape index (κ2) is 7.63. The molecule has 2 bridgehead atoms. The molecule has 4 atom stereocenters. The topological polar surface area (TPSA) is 70.7 Å². The molecule has 1 spiro atoms. The first kappa shape index (κ1) is 20.2. The van der Waals surface area contributed by atoms with Gasteiger partial charge in [-0.1, -0.05) is 32.9 Å². The summed E-state index contributed by atoms with van der Waals surface area (Å²) in [7, 11) is 0. The third kappa shape index (κ3) is 3.52. The fourth-order valence-corrected chi connectivity index (χ4v) is 5.66. The molecule has 2 amide bonds. The highest BCUT2D eigenvalue weighted by Gasteiger charge is 2.61. The average molecular weight is 400 g/mol. The normalized spacial score (nSPS) is 32.6. The lowest BCUT2D eigenvalue weighted by Crippen LogP contribution is -2.69. The second-order valence-corrected chi connectivity index (χ2v) is 9.11. The van der Waals surface area contributed by atoms with Gasteiger partial charge in [0, 0.05) is 31.3 Å². The predicted molar refractivity (Wildman–Crippen MR) is 112 cm³/mol. The van der Waals surface area contributed by atoms with E-state index in [9.17, 15) is 9.59 Å². The molecule has 0 saturated heterocycles. The Morgan fingerprint density at radius 1 is 1.31 bits per heavy atom. The van der Waals surface area contributed by atoms with Crippen molar-refractivity contribution in [2.45, 2.75) is 52.2 Å². The van der Waals surface area contributed by atoms with Gasteiger partial charge in [0.2, 0.25) is 5.91 Å². The number of carbonyl (C=O) groups is 2. The van der Waals surface area contributed by atoms with Crippen LogP contribution in [0.2, 0.25) is 0 Å². The highest BCUT2D eigenvalue weighted by molar-refractivity contribution is 5.98. The van der Waals surface area contributed by atoms with Crippen LogP contribution in [0, 0.1) is 17.3 Å². The van der Waals surface area contributed by atoms with E-state index in [0.29, 0.717) is 24.3 Å². The first-order valence-corrected chi connectivity index (χ1v) is 11.0. The Hall–Kier alpha value is -2.08. The Morgan fingerprint density at radius 2 is 2.07 bits per heavy atom. The monoisotopic (exact) mass is 399 g/mol. The van der Waals surface area contributed by atoms with Gasteiger partial charge in [0.05, 0.1) is 5.56 Å². The molecule has 3 fully saturated rings. The van der Waals surface area contributed by atoms with Crippen LogP contribution in [-0.2, 0) is 4.79 Å². The number of para-hydroxylation sites is 1. The SMILES string of the molecule is CCN(CC)CCNC(=O)[C@@H]1C[C@H]2CC[C@@]1(C)C[C@@]21NC(=O)c2ccccc2O1. The first-order valence-electron chi connectivity index (χ1n) is 11.0. The van der Waals surface area contributed by atoms with Gasteiger partial charge in [0.25, 0.3) is 5.91 Å². The van der Waals surface area contributed by atoms with Crippen LogP contribution in [0.4, 0.5) is 0 Å². The Bertz CT molecular complexity index is 793. The van der Waals surface area contributed by atoms with Crippen molar-refractivity contribution >= 4 is 11.8 Å². The summed E-state index contributed by atoms with van der Waals surface area (Å²) in [5, 5.41) is 6.35. The minimum absolute atomic E-state index is 0.0266. The van der Waals surface area contributed by atoms with Gasteiger partial charge in [-0.05, 0) is 49.9 Å². The van der Waals surface area contributed by atoms with Crippen molar-refractivity contribution in [1.82, 2.24) is 15.5 Å². The number of amides is 2. The third-order valence-electron chi connectivity index (χ3n) is 7.44. The van der Waals surface area contributed by atoms with Gasteiger partial charge >= 0.3 is 0 Å². The first-order chi connectivity index (χ1) is 13.9. The van der Waals surface area contributed by atoms with Crippen LogP contribution in [-0.4, -0.2) is 48.6 Å². The number of hydrogen-bond acceptors (Lipinski definition) is 4. The smallest absolute Gasteiger partial charge is 0.258 e. The lowest BCUT2D eigenvalue weighted by atomic mass is 9.52. The van der Waals surface area contributed by atoms with Crippen LogP contribution in [0.15, 0.2) is 24.3 Å². The molecule has 6 nitrogen and oxygen atoms in total. The zero-order valence-corrected chi connectivity index (χ0v) is 17.8. The number of ether oxygens (including phenoxy) is 1. The average Bonchev–Trinajstić information content (AvgIpc) is 2.70. The van der Waals surface area contributed by atoms with E-state index in [4.69, 9.17) is 4.74 Å².